The van der Waals surface area contributed by atoms with E-state index in [2.05, 4.69) is 52.0 Å². The Labute approximate surface area is 92.3 Å². The van der Waals surface area contributed by atoms with Crippen molar-refractivity contribution in [3.05, 3.63) is 52.1 Å². The van der Waals surface area contributed by atoms with Crippen molar-refractivity contribution < 1.29 is 0 Å². The molecule has 0 saturated carbocycles. The van der Waals surface area contributed by atoms with Gasteiger partial charge < -0.3 is 0 Å². The Balaban J connectivity index is 2.55. The Morgan fingerprint density at radius 2 is 1.73 bits per heavy atom. The Morgan fingerprint density at radius 3 is 2.27 bits per heavy atom. The highest BCUT2D eigenvalue weighted by Crippen LogP contribution is 2.35. The van der Waals surface area contributed by atoms with Crippen LogP contribution in [0.25, 0.3) is 5.57 Å². The third kappa shape index (κ3) is 1.77. The number of aryl methyl sites for hydroxylation is 2. The van der Waals surface area contributed by atoms with Crippen LogP contribution in [-0.4, -0.2) is 0 Å². The van der Waals surface area contributed by atoms with Gasteiger partial charge in [-0.3, -0.25) is 0 Å². The van der Waals surface area contributed by atoms with E-state index in [-0.39, 0.29) is 0 Å². The molecule has 0 bridgehead atoms. The van der Waals surface area contributed by atoms with E-state index < -0.39 is 0 Å². The zero-order valence-electron chi connectivity index (χ0n) is 10.0. The SMILES string of the molecule is CC1=CCC(C)=C1c1ccc(C)cc1C. The lowest BCUT2D eigenvalue weighted by Crippen LogP contribution is -1.91. The van der Waals surface area contributed by atoms with Crippen molar-refractivity contribution in [3.8, 4) is 0 Å². The van der Waals surface area contributed by atoms with Gasteiger partial charge >= 0.3 is 0 Å². The van der Waals surface area contributed by atoms with Crippen molar-refractivity contribution in [2.24, 2.45) is 0 Å². The average Bonchev–Trinajstić information content (AvgIpc) is 2.48. The highest BCUT2D eigenvalue weighted by Gasteiger charge is 2.14. The Bertz CT molecular complexity index is 459. The van der Waals surface area contributed by atoms with Crippen molar-refractivity contribution in [1.82, 2.24) is 0 Å². The fraction of sp³-hybridized carbons (Fsp3) is 0.333. The molecule has 2 rings (SSSR count). The normalized spacial score (nSPS) is 15.9. The number of allylic oxidation sites excluding steroid dienone is 4. The molecule has 1 aromatic carbocycles. The number of hydrogen-bond donors (Lipinski definition) is 0. The molecule has 0 heterocycles. The summed E-state index contributed by atoms with van der Waals surface area (Å²) in [6, 6.07) is 6.72. The average molecular weight is 198 g/mol. The van der Waals surface area contributed by atoms with Crippen molar-refractivity contribution in [2.75, 3.05) is 0 Å². The molecule has 0 radical (unpaired) electrons. The Hall–Kier alpha value is -1.30. The summed E-state index contributed by atoms with van der Waals surface area (Å²) in [6.07, 6.45) is 3.44. The van der Waals surface area contributed by atoms with Gasteiger partial charge in [-0.05, 0) is 56.4 Å². The fourth-order valence-electron chi connectivity index (χ4n) is 2.38. The van der Waals surface area contributed by atoms with Crippen LogP contribution < -0.4 is 0 Å². The molecule has 0 fully saturated rings. The van der Waals surface area contributed by atoms with Gasteiger partial charge in [-0.15, -0.1) is 0 Å². The van der Waals surface area contributed by atoms with Crippen molar-refractivity contribution in [2.45, 2.75) is 34.1 Å². The first kappa shape index (κ1) is 10.2. The minimum absolute atomic E-state index is 1.12. The quantitative estimate of drug-likeness (QED) is 0.626. The smallest absolute Gasteiger partial charge is 0.0126 e. The topological polar surface area (TPSA) is 0 Å². The first-order valence-corrected chi connectivity index (χ1v) is 5.54. The van der Waals surface area contributed by atoms with Crippen LogP contribution in [0.2, 0.25) is 0 Å². The first-order chi connectivity index (χ1) is 7.09. The number of benzene rings is 1. The lowest BCUT2D eigenvalue weighted by atomic mass is 9.94. The van der Waals surface area contributed by atoms with Crippen molar-refractivity contribution in [3.63, 3.8) is 0 Å². The van der Waals surface area contributed by atoms with E-state index in [1.165, 1.54) is 33.4 Å². The molecule has 0 heteroatoms. The molecule has 0 spiro atoms. The van der Waals surface area contributed by atoms with Gasteiger partial charge in [0.15, 0.2) is 0 Å². The van der Waals surface area contributed by atoms with Gasteiger partial charge in [-0.2, -0.15) is 0 Å². The monoisotopic (exact) mass is 198 g/mol. The maximum Gasteiger partial charge on any atom is -0.0126 e. The Kier molecular flexibility index (Phi) is 2.52. The third-order valence-electron chi connectivity index (χ3n) is 3.19. The molecular weight excluding hydrogens is 180 g/mol. The summed E-state index contributed by atoms with van der Waals surface area (Å²) in [6.45, 7) is 8.80. The molecule has 0 amide bonds. The van der Waals surface area contributed by atoms with Crippen molar-refractivity contribution in [1.29, 1.82) is 0 Å². The van der Waals surface area contributed by atoms with Crippen LogP contribution in [0, 0.1) is 13.8 Å². The molecule has 1 aliphatic rings. The summed E-state index contributed by atoms with van der Waals surface area (Å²) in [7, 11) is 0. The van der Waals surface area contributed by atoms with E-state index in [0.29, 0.717) is 0 Å². The molecular formula is C15H18. The zero-order valence-corrected chi connectivity index (χ0v) is 10.0. The predicted molar refractivity (Wildman–Crippen MR) is 66.9 cm³/mol. The standard InChI is InChI=1S/C15H18/c1-10-5-8-14(13(4)9-10)15-11(2)6-7-12(15)3/h5-6,8-9H,7H2,1-4H3. The molecule has 0 nitrogen and oxygen atoms in total. The highest BCUT2D eigenvalue weighted by molar-refractivity contribution is 5.84. The number of hydrogen-bond acceptors (Lipinski definition) is 0. The van der Waals surface area contributed by atoms with Crippen LogP contribution in [0.1, 0.15) is 37.0 Å². The van der Waals surface area contributed by atoms with E-state index in [9.17, 15) is 0 Å². The van der Waals surface area contributed by atoms with Gasteiger partial charge in [-0.1, -0.05) is 35.4 Å². The molecule has 0 atom stereocenters. The maximum absolute atomic E-state index is 2.32. The maximum atomic E-state index is 2.32. The number of rotatable bonds is 1. The predicted octanol–water partition coefficient (Wildman–Crippen LogP) is 4.43. The minimum atomic E-state index is 1.12. The van der Waals surface area contributed by atoms with Gasteiger partial charge in [0.1, 0.15) is 0 Å². The summed E-state index contributed by atoms with van der Waals surface area (Å²) in [5.41, 5.74) is 8.53. The van der Waals surface area contributed by atoms with E-state index in [1.807, 2.05) is 0 Å². The van der Waals surface area contributed by atoms with Gasteiger partial charge in [0, 0.05) is 0 Å². The van der Waals surface area contributed by atoms with Gasteiger partial charge in [0.05, 0.1) is 0 Å². The summed E-state index contributed by atoms with van der Waals surface area (Å²) >= 11 is 0. The lowest BCUT2D eigenvalue weighted by Gasteiger charge is -2.11. The largest absolute Gasteiger partial charge is 0.0769 e. The van der Waals surface area contributed by atoms with Crippen molar-refractivity contribution >= 4 is 5.57 Å². The van der Waals surface area contributed by atoms with Gasteiger partial charge in [0.2, 0.25) is 0 Å². The third-order valence-corrected chi connectivity index (χ3v) is 3.19. The van der Waals surface area contributed by atoms with Gasteiger partial charge in [0.25, 0.3) is 0 Å². The van der Waals surface area contributed by atoms with Crippen LogP contribution in [0.4, 0.5) is 0 Å². The summed E-state index contributed by atoms with van der Waals surface area (Å²) in [4.78, 5) is 0. The summed E-state index contributed by atoms with van der Waals surface area (Å²) in [5.74, 6) is 0. The molecule has 0 saturated heterocycles. The molecule has 0 unspecified atom stereocenters. The molecule has 0 aromatic heterocycles. The van der Waals surface area contributed by atoms with Crippen LogP contribution in [0.5, 0.6) is 0 Å². The second-order valence-corrected chi connectivity index (χ2v) is 4.56. The van der Waals surface area contributed by atoms with Crippen LogP contribution >= 0.6 is 0 Å². The zero-order chi connectivity index (χ0) is 11.0. The van der Waals surface area contributed by atoms with Crippen LogP contribution in [0.3, 0.4) is 0 Å². The highest BCUT2D eigenvalue weighted by atomic mass is 14.2. The molecule has 1 aliphatic carbocycles. The molecule has 0 aliphatic heterocycles. The summed E-state index contributed by atoms with van der Waals surface area (Å²) in [5, 5.41) is 0. The molecule has 0 N–H and O–H groups in total. The fourth-order valence-corrected chi connectivity index (χ4v) is 2.38. The minimum Gasteiger partial charge on any atom is -0.0769 e. The molecule has 15 heavy (non-hydrogen) atoms. The van der Waals surface area contributed by atoms with E-state index in [4.69, 9.17) is 0 Å². The van der Waals surface area contributed by atoms with Gasteiger partial charge in [-0.25, -0.2) is 0 Å². The van der Waals surface area contributed by atoms with E-state index in [1.54, 1.807) is 0 Å². The first-order valence-electron chi connectivity index (χ1n) is 5.54. The second kappa shape index (κ2) is 3.69. The second-order valence-electron chi connectivity index (χ2n) is 4.56. The van der Waals surface area contributed by atoms with Crippen LogP contribution in [-0.2, 0) is 0 Å². The Morgan fingerprint density at radius 1 is 1.00 bits per heavy atom. The van der Waals surface area contributed by atoms with Crippen LogP contribution in [0.15, 0.2) is 35.4 Å². The molecule has 78 valence electrons. The van der Waals surface area contributed by atoms with E-state index >= 15 is 0 Å². The lowest BCUT2D eigenvalue weighted by molar-refractivity contribution is 1.25. The summed E-state index contributed by atoms with van der Waals surface area (Å²) < 4.78 is 0. The molecule has 1 aromatic rings. The van der Waals surface area contributed by atoms with E-state index in [0.717, 1.165) is 6.42 Å².